The number of carboxylic acid groups (broad SMARTS) is 1. The first-order valence-corrected chi connectivity index (χ1v) is 11.8. The maximum absolute atomic E-state index is 12.1. The van der Waals surface area contributed by atoms with E-state index in [4.69, 9.17) is 9.90 Å². The molecule has 1 aliphatic rings. The fourth-order valence-electron chi connectivity index (χ4n) is 3.99. The Balaban J connectivity index is 0.000000426. The Kier molecular flexibility index (Phi) is 8.22. The SMILES string of the molecule is O=C(O)C(F)(F)F.O=C1NCCc2[nH]c(-c3ccnc(-c4cccc(CNCc5ccccc5)c4)c3)cc21. The molecule has 0 atom stereocenters. The molecule has 0 saturated carbocycles. The van der Waals surface area contributed by atoms with E-state index in [1.807, 2.05) is 24.4 Å². The van der Waals surface area contributed by atoms with E-state index in [0.29, 0.717) is 6.54 Å². The number of carbonyl (C=O) groups excluding carboxylic acids is 1. The van der Waals surface area contributed by atoms with Gasteiger partial charge in [-0.3, -0.25) is 9.78 Å². The Bertz CT molecular complexity index is 1420. The molecule has 196 valence electrons. The van der Waals surface area contributed by atoms with Gasteiger partial charge in [0.1, 0.15) is 0 Å². The normalized spacial score (nSPS) is 12.7. The lowest BCUT2D eigenvalue weighted by Gasteiger charge is -2.11. The monoisotopic (exact) mass is 522 g/mol. The highest BCUT2D eigenvalue weighted by Gasteiger charge is 2.38. The molecule has 4 N–H and O–H groups in total. The Morgan fingerprint density at radius 3 is 2.37 bits per heavy atom. The average Bonchev–Trinajstić information content (AvgIpc) is 3.36. The summed E-state index contributed by atoms with van der Waals surface area (Å²) < 4.78 is 31.7. The molecule has 0 bridgehead atoms. The van der Waals surface area contributed by atoms with E-state index in [1.54, 1.807) is 0 Å². The molecule has 0 radical (unpaired) electrons. The van der Waals surface area contributed by atoms with Crippen molar-refractivity contribution in [1.82, 2.24) is 20.6 Å². The third-order valence-corrected chi connectivity index (χ3v) is 5.84. The van der Waals surface area contributed by atoms with Gasteiger partial charge in [0.15, 0.2) is 0 Å². The number of rotatable bonds is 6. The topological polar surface area (TPSA) is 107 Å². The Morgan fingerprint density at radius 2 is 1.66 bits per heavy atom. The first-order chi connectivity index (χ1) is 18.2. The number of fused-ring (bicyclic) bond motifs is 1. The molecule has 1 amide bonds. The summed E-state index contributed by atoms with van der Waals surface area (Å²) >= 11 is 0. The van der Waals surface area contributed by atoms with Crippen molar-refractivity contribution >= 4 is 11.9 Å². The van der Waals surface area contributed by atoms with Gasteiger partial charge in [0.2, 0.25) is 0 Å². The number of amides is 1. The Hall–Kier alpha value is -4.44. The van der Waals surface area contributed by atoms with Crippen LogP contribution in [0.5, 0.6) is 0 Å². The molecule has 2 aromatic heterocycles. The molecule has 1 aliphatic heterocycles. The maximum Gasteiger partial charge on any atom is 0.490 e. The van der Waals surface area contributed by atoms with E-state index < -0.39 is 12.1 Å². The molecular weight excluding hydrogens is 497 g/mol. The van der Waals surface area contributed by atoms with Crippen molar-refractivity contribution in [3.63, 3.8) is 0 Å². The van der Waals surface area contributed by atoms with Gasteiger partial charge in [-0.1, -0.05) is 48.5 Å². The first-order valence-electron chi connectivity index (χ1n) is 11.8. The molecule has 0 unspecified atom stereocenters. The lowest BCUT2D eigenvalue weighted by Crippen LogP contribution is -2.31. The zero-order valence-electron chi connectivity index (χ0n) is 20.2. The van der Waals surface area contributed by atoms with E-state index in [0.717, 1.165) is 53.3 Å². The molecule has 3 heterocycles. The third kappa shape index (κ3) is 6.86. The van der Waals surface area contributed by atoms with Crippen molar-refractivity contribution in [2.24, 2.45) is 0 Å². The molecular formula is C28H25F3N4O3. The second kappa shape index (κ2) is 11.7. The van der Waals surface area contributed by atoms with Gasteiger partial charge in [-0.25, -0.2) is 4.79 Å². The molecule has 0 saturated heterocycles. The second-order valence-corrected chi connectivity index (χ2v) is 8.60. The average molecular weight is 523 g/mol. The Labute approximate surface area is 216 Å². The number of hydrogen-bond acceptors (Lipinski definition) is 4. The van der Waals surface area contributed by atoms with Gasteiger partial charge in [0.25, 0.3) is 5.91 Å². The number of carbonyl (C=O) groups is 2. The number of alkyl halides is 3. The number of halogens is 3. The maximum atomic E-state index is 12.1. The zero-order valence-corrected chi connectivity index (χ0v) is 20.2. The van der Waals surface area contributed by atoms with Crippen LogP contribution in [0, 0.1) is 0 Å². The zero-order chi connectivity index (χ0) is 27.1. The van der Waals surface area contributed by atoms with Gasteiger partial charge < -0.3 is 20.7 Å². The molecule has 0 aliphatic carbocycles. The Morgan fingerprint density at radius 1 is 0.947 bits per heavy atom. The lowest BCUT2D eigenvalue weighted by molar-refractivity contribution is -0.192. The molecule has 0 fully saturated rings. The summed E-state index contributed by atoms with van der Waals surface area (Å²) in [5.74, 6) is -2.76. The fraction of sp³-hybridized carbons (Fsp3) is 0.179. The van der Waals surface area contributed by atoms with Crippen LogP contribution in [0.2, 0.25) is 0 Å². The predicted octanol–water partition coefficient (Wildman–Crippen LogP) is 4.95. The number of aliphatic carboxylic acids is 1. The van der Waals surface area contributed by atoms with Crippen LogP contribution in [0.3, 0.4) is 0 Å². The number of pyridine rings is 1. The lowest BCUT2D eigenvalue weighted by atomic mass is 10.0. The summed E-state index contributed by atoms with van der Waals surface area (Å²) in [5, 5.41) is 13.5. The molecule has 0 spiro atoms. The molecule has 10 heteroatoms. The second-order valence-electron chi connectivity index (χ2n) is 8.60. The number of hydrogen-bond donors (Lipinski definition) is 4. The van der Waals surface area contributed by atoms with Crippen LogP contribution < -0.4 is 10.6 Å². The number of nitrogens with one attached hydrogen (secondary N) is 3. The van der Waals surface area contributed by atoms with E-state index in [9.17, 15) is 18.0 Å². The summed E-state index contributed by atoms with van der Waals surface area (Å²) in [4.78, 5) is 29.0. The van der Waals surface area contributed by atoms with Crippen molar-refractivity contribution < 1.29 is 27.9 Å². The number of H-pyrrole nitrogens is 1. The van der Waals surface area contributed by atoms with Gasteiger partial charge >= 0.3 is 12.1 Å². The van der Waals surface area contributed by atoms with Crippen molar-refractivity contribution in [2.75, 3.05) is 6.54 Å². The minimum absolute atomic E-state index is 0.00580. The van der Waals surface area contributed by atoms with Gasteiger partial charge in [-0.15, -0.1) is 0 Å². The van der Waals surface area contributed by atoms with E-state index >= 15 is 0 Å². The number of aromatic amines is 1. The third-order valence-electron chi connectivity index (χ3n) is 5.84. The number of carboxylic acids is 1. The largest absolute Gasteiger partial charge is 0.490 e. The van der Waals surface area contributed by atoms with Crippen LogP contribution in [0.1, 0.15) is 27.2 Å². The summed E-state index contributed by atoms with van der Waals surface area (Å²) in [6, 6.07) is 24.9. The number of nitrogens with zero attached hydrogens (tertiary/aromatic N) is 1. The number of aromatic nitrogens is 2. The van der Waals surface area contributed by atoms with Crippen LogP contribution in [-0.4, -0.2) is 39.7 Å². The minimum atomic E-state index is -5.08. The van der Waals surface area contributed by atoms with Crippen molar-refractivity contribution in [1.29, 1.82) is 0 Å². The number of benzene rings is 2. The summed E-state index contributed by atoms with van der Waals surface area (Å²) in [7, 11) is 0. The van der Waals surface area contributed by atoms with Crippen molar-refractivity contribution in [3.8, 4) is 22.5 Å². The molecule has 5 rings (SSSR count). The van der Waals surface area contributed by atoms with E-state index in [1.165, 1.54) is 11.1 Å². The van der Waals surface area contributed by atoms with Gasteiger partial charge in [-0.05, 0) is 35.4 Å². The van der Waals surface area contributed by atoms with Crippen molar-refractivity contribution in [2.45, 2.75) is 25.7 Å². The fourth-order valence-corrected chi connectivity index (χ4v) is 3.99. The van der Waals surface area contributed by atoms with Crippen LogP contribution in [0.15, 0.2) is 79.0 Å². The van der Waals surface area contributed by atoms with E-state index in [2.05, 4.69) is 75.2 Å². The van der Waals surface area contributed by atoms with Gasteiger partial charge in [0.05, 0.1) is 11.3 Å². The highest BCUT2D eigenvalue weighted by molar-refractivity contribution is 5.97. The standard InChI is InChI=1S/C26H24N4O.C2HF3O2/c31-26-22-15-25(30-23(22)10-12-29-26)21-9-11-28-24(14-21)20-8-4-7-19(13-20)17-27-16-18-5-2-1-3-6-18;3-2(4,5)1(6)7/h1-9,11,13-15,27,30H,10,12,16-17H2,(H,29,31);(H,6,7). The van der Waals surface area contributed by atoms with Gasteiger partial charge in [0, 0.05) is 54.8 Å². The van der Waals surface area contributed by atoms with Crippen LogP contribution in [0.25, 0.3) is 22.5 Å². The molecule has 2 aromatic carbocycles. The van der Waals surface area contributed by atoms with E-state index in [-0.39, 0.29) is 5.91 Å². The van der Waals surface area contributed by atoms with Crippen LogP contribution >= 0.6 is 0 Å². The van der Waals surface area contributed by atoms with Crippen molar-refractivity contribution in [3.05, 3.63) is 101 Å². The summed E-state index contributed by atoms with van der Waals surface area (Å²) in [6.07, 6.45) is -2.43. The summed E-state index contributed by atoms with van der Waals surface area (Å²) in [6.45, 7) is 2.31. The minimum Gasteiger partial charge on any atom is -0.475 e. The first kappa shape index (κ1) is 26.6. The predicted molar refractivity (Wildman–Crippen MR) is 136 cm³/mol. The summed E-state index contributed by atoms with van der Waals surface area (Å²) in [5.41, 5.74) is 8.21. The molecule has 38 heavy (non-hydrogen) atoms. The quantitative estimate of drug-likeness (QED) is 0.287. The van der Waals surface area contributed by atoms with Crippen LogP contribution in [-0.2, 0) is 24.3 Å². The molecule has 7 nitrogen and oxygen atoms in total. The smallest absolute Gasteiger partial charge is 0.475 e. The van der Waals surface area contributed by atoms with Crippen LogP contribution in [0.4, 0.5) is 13.2 Å². The van der Waals surface area contributed by atoms with Gasteiger partial charge in [-0.2, -0.15) is 13.2 Å². The molecule has 4 aromatic rings. The highest BCUT2D eigenvalue weighted by atomic mass is 19.4. The highest BCUT2D eigenvalue weighted by Crippen LogP contribution is 2.27.